The zero-order chi connectivity index (χ0) is 12.1. The lowest BCUT2D eigenvalue weighted by atomic mass is 10.1. The summed E-state index contributed by atoms with van der Waals surface area (Å²) in [5.41, 5.74) is 3.50. The topological polar surface area (TPSA) is 57.4 Å². The molecule has 17 heavy (non-hydrogen) atoms. The second kappa shape index (κ2) is 5.66. The number of aromatic nitrogens is 4. The minimum absolute atomic E-state index is 0.938. The molecule has 0 amide bonds. The van der Waals surface area contributed by atoms with Gasteiger partial charge in [-0.05, 0) is 19.3 Å². The highest BCUT2D eigenvalue weighted by atomic mass is 15.1. The number of unbranched alkanes of at least 4 members (excludes halogenated alkanes) is 1. The van der Waals surface area contributed by atoms with Gasteiger partial charge >= 0.3 is 0 Å². The summed E-state index contributed by atoms with van der Waals surface area (Å²) >= 11 is 0. The molecule has 0 fully saturated rings. The molecule has 4 nitrogen and oxygen atoms in total. The maximum Gasteiger partial charge on any atom is 0.140 e. The highest BCUT2D eigenvalue weighted by Crippen LogP contribution is 2.20. The number of imidazole rings is 1. The Kier molecular flexibility index (Phi) is 3.96. The second-order valence-electron chi connectivity index (χ2n) is 4.37. The summed E-state index contributed by atoms with van der Waals surface area (Å²) in [6.45, 7) is 4.37. The molecule has 0 spiro atoms. The largest absolute Gasteiger partial charge is 0.342 e. The summed E-state index contributed by atoms with van der Waals surface area (Å²) in [5, 5.41) is 7.19. The van der Waals surface area contributed by atoms with Gasteiger partial charge in [-0.1, -0.05) is 26.7 Å². The van der Waals surface area contributed by atoms with E-state index in [4.69, 9.17) is 0 Å². The molecule has 4 heteroatoms. The van der Waals surface area contributed by atoms with Gasteiger partial charge in [-0.15, -0.1) is 0 Å². The lowest BCUT2D eigenvalue weighted by Crippen LogP contribution is -1.90. The first-order chi connectivity index (χ1) is 8.35. The molecular formula is C13H20N4. The van der Waals surface area contributed by atoms with Crippen molar-refractivity contribution in [2.75, 3.05) is 0 Å². The zero-order valence-electron chi connectivity index (χ0n) is 10.6. The van der Waals surface area contributed by atoms with Gasteiger partial charge in [-0.2, -0.15) is 5.10 Å². The minimum atomic E-state index is 0.938. The fraction of sp³-hybridized carbons (Fsp3) is 0.538. The van der Waals surface area contributed by atoms with Crippen molar-refractivity contribution in [1.82, 2.24) is 20.2 Å². The summed E-state index contributed by atoms with van der Waals surface area (Å²) in [6, 6.07) is 0. The van der Waals surface area contributed by atoms with Crippen LogP contribution in [0.1, 0.15) is 44.5 Å². The van der Waals surface area contributed by atoms with Crippen LogP contribution in [0.5, 0.6) is 0 Å². The summed E-state index contributed by atoms with van der Waals surface area (Å²) in [4.78, 5) is 7.79. The molecule has 0 atom stereocenters. The Bertz CT molecular complexity index is 455. The van der Waals surface area contributed by atoms with E-state index in [-0.39, 0.29) is 0 Å². The van der Waals surface area contributed by atoms with Crippen LogP contribution >= 0.6 is 0 Å². The monoisotopic (exact) mass is 232 g/mol. The maximum atomic E-state index is 4.43. The quantitative estimate of drug-likeness (QED) is 0.804. The van der Waals surface area contributed by atoms with E-state index in [9.17, 15) is 0 Å². The van der Waals surface area contributed by atoms with E-state index in [2.05, 4.69) is 34.0 Å². The molecule has 2 aromatic rings. The van der Waals surface area contributed by atoms with Crippen molar-refractivity contribution in [3.8, 4) is 11.4 Å². The third-order valence-electron chi connectivity index (χ3n) is 2.90. The first kappa shape index (κ1) is 11.9. The predicted octanol–water partition coefficient (Wildman–Crippen LogP) is 3.09. The molecule has 2 aromatic heterocycles. The van der Waals surface area contributed by atoms with Crippen LogP contribution in [-0.2, 0) is 12.8 Å². The molecular weight excluding hydrogens is 212 g/mol. The van der Waals surface area contributed by atoms with Crippen LogP contribution in [0.15, 0.2) is 12.4 Å². The second-order valence-corrected chi connectivity index (χ2v) is 4.37. The molecule has 0 radical (unpaired) electrons. The van der Waals surface area contributed by atoms with Crippen molar-refractivity contribution in [3.63, 3.8) is 0 Å². The number of nitrogens with one attached hydrogen (secondary N) is 2. The molecule has 2 rings (SSSR count). The lowest BCUT2D eigenvalue weighted by Gasteiger charge is -1.99. The molecule has 92 valence electrons. The van der Waals surface area contributed by atoms with Crippen LogP contribution in [0.25, 0.3) is 11.4 Å². The summed E-state index contributed by atoms with van der Waals surface area (Å²) in [7, 11) is 0. The number of aryl methyl sites for hydroxylation is 2. The number of H-pyrrole nitrogens is 2. The van der Waals surface area contributed by atoms with Crippen molar-refractivity contribution in [2.24, 2.45) is 0 Å². The van der Waals surface area contributed by atoms with E-state index in [1.807, 2.05) is 12.4 Å². The van der Waals surface area contributed by atoms with E-state index in [0.717, 1.165) is 30.7 Å². The van der Waals surface area contributed by atoms with Gasteiger partial charge in [-0.3, -0.25) is 5.10 Å². The molecule has 0 unspecified atom stereocenters. The Morgan fingerprint density at radius 3 is 2.76 bits per heavy atom. The van der Waals surface area contributed by atoms with Gasteiger partial charge in [0.25, 0.3) is 0 Å². The molecule has 0 aliphatic heterocycles. The summed E-state index contributed by atoms with van der Waals surface area (Å²) in [5.74, 6) is 0.938. The van der Waals surface area contributed by atoms with Crippen LogP contribution < -0.4 is 0 Å². The van der Waals surface area contributed by atoms with E-state index in [1.165, 1.54) is 24.2 Å². The zero-order valence-corrected chi connectivity index (χ0v) is 10.6. The summed E-state index contributed by atoms with van der Waals surface area (Å²) < 4.78 is 0. The average molecular weight is 232 g/mol. The Morgan fingerprint density at radius 1 is 1.12 bits per heavy atom. The van der Waals surface area contributed by atoms with Crippen molar-refractivity contribution < 1.29 is 0 Å². The number of hydrogen-bond acceptors (Lipinski definition) is 2. The third-order valence-corrected chi connectivity index (χ3v) is 2.90. The predicted molar refractivity (Wildman–Crippen MR) is 68.8 cm³/mol. The van der Waals surface area contributed by atoms with Crippen molar-refractivity contribution in [2.45, 2.75) is 46.0 Å². The normalized spacial score (nSPS) is 10.9. The number of rotatable bonds is 6. The van der Waals surface area contributed by atoms with E-state index in [1.54, 1.807) is 0 Å². The highest BCUT2D eigenvalue weighted by molar-refractivity contribution is 5.57. The average Bonchev–Trinajstić information content (AvgIpc) is 2.94. The smallest absolute Gasteiger partial charge is 0.140 e. The Labute approximate surface area is 102 Å². The molecule has 0 bridgehead atoms. The fourth-order valence-electron chi connectivity index (χ4n) is 1.95. The summed E-state index contributed by atoms with van der Waals surface area (Å²) in [6.07, 6.45) is 9.38. The van der Waals surface area contributed by atoms with Gasteiger partial charge in [0.05, 0.1) is 11.8 Å². The van der Waals surface area contributed by atoms with Gasteiger partial charge in [-0.25, -0.2) is 4.98 Å². The van der Waals surface area contributed by atoms with Crippen molar-refractivity contribution in [3.05, 3.63) is 23.8 Å². The molecule has 0 saturated carbocycles. The van der Waals surface area contributed by atoms with Crippen LogP contribution in [0, 0.1) is 0 Å². The number of aromatic amines is 2. The molecule has 0 aliphatic rings. The Balaban J connectivity index is 2.17. The molecule has 0 aromatic carbocycles. The lowest BCUT2D eigenvalue weighted by molar-refractivity contribution is 0.772. The van der Waals surface area contributed by atoms with E-state index in [0.29, 0.717) is 0 Å². The van der Waals surface area contributed by atoms with Gasteiger partial charge in [0.2, 0.25) is 0 Å². The standard InChI is InChI=1S/C13H20N4/c1-3-5-7-12-11(9-15-17-12)13-14-8-10(16-13)6-4-2/h8-9H,3-7H2,1-2H3,(H,14,16)(H,15,17). The molecule has 2 N–H and O–H groups in total. The van der Waals surface area contributed by atoms with Crippen LogP contribution in [-0.4, -0.2) is 20.2 Å². The van der Waals surface area contributed by atoms with Gasteiger partial charge in [0, 0.05) is 17.6 Å². The Hall–Kier alpha value is -1.58. The third kappa shape index (κ3) is 2.75. The maximum absolute atomic E-state index is 4.43. The number of nitrogens with zero attached hydrogens (tertiary/aromatic N) is 2. The SMILES string of the molecule is CCCCc1[nH]ncc1-c1ncc(CCC)[nH]1. The van der Waals surface area contributed by atoms with Gasteiger partial charge in [0.1, 0.15) is 5.82 Å². The van der Waals surface area contributed by atoms with Crippen LogP contribution in [0.2, 0.25) is 0 Å². The van der Waals surface area contributed by atoms with Gasteiger partial charge < -0.3 is 4.98 Å². The van der Waals surface area contributed by atoms with Crippen LogP contribution in [0.4, 0.5) is 0 Å². The number of hydrogen-bond donors (Lipinski definition) is 2. The van der Waals surface area contributed by atoms with E-state index < -0.39 is 0 Å². The first-order valence-corrected chi connectivity index (χ1v) is 6.41. The molecule has 0 aliphatic carbocycles. The van der Waals surface area contributed by atoms with Gasteiger partial charge in [0.15, 0.2) is 0 Å². The Morgan fingerprint density at radius 2 is 2.00 bits per heavy atom. The molecule has 0 saturated heterocycles. The van der Waals surface area contributed by atoms with E-state index >= 15 is 0 Å². The first-order valence-electron chi connectivity index (χ1n) is 6.41. The highest BCUT2D eigenvalue weighted by Gasteiger charge is 2.10. The van der Waals surface area contributed by atoms with Crippen molar-refractivity contribution in [1.29, 1.82) is 0 Å². The van der Waals surface area contributed by atoms with Crippen molar-refractivity contribution >= 4 is 0 Å². The minimum Gasteiger partial charge on any atom is -0.342 e. The fourth-order valence-corrected chi connectivity index (χ4v) is 1.95. The molecule has 2 heterocycles. The van der Waals surface area contributed by atoms with Crippen LogP contribution in [0.3, 0.4) is 0 Å².